The molecule has 0 N–H and O–H groups in total. The summed E-state index contributed by atoms with van der Waals surface area (Å²) in [7, 11) is 0. The van der Waals surface area contributed by atoms with Gasteiger partial charge >= 0.3 is 6.55 Å². The Labute approximate surface area is 117 Å². The van der Waals surface area contributed by atoms with Crippen molar-refractivity contribution in [1.29, 1.82) is 0 Å². The Bertz CT molecular complexity index is 556. The van der Waals surface area contributed by atoms with E-state index in [-0.39, 0.29) is 17.8 Å². The number of rotatable bonds is 4. The standard InChI is InChI=1S/C15H18F2N2O/c1-15(2,3)11-4-6-12(7-5-11)20-10-13-18-8-9-19(13)14(16)17/h4-9,14H,10H2,1-3H3. The van der Waals surface area contributed by atoms with Crippen LogP contribution < -0.4 is 4.74 Å². The quantitative estimate of drug-likeness (QED) is 0.841. The second-order valence-electron chi connectivity index (χ2n) is 5.59. The van der Waals surface area contributed by atoms with Gasteiger partial charge in [0.2, 0.25) is 0 Å². The monoisotopic (exact) mass is 280 g/mol. The number of alkyl halides is 2. The second kappa shape index (κ2) is 5.61. The molecule has 0 fully saturated rings. The molecular weight excluding hydrogens is 262 g/mol. The molecule has 0 aliphatic carbocycles. The van der Waals surface area contributed by atoms with Crippen LogP contribution in [-0.2, 0) is 12.0 Å². The minimum atomic E-state index is -2.60. The summed E-state index contributed by atoms with van der Waals surface area (Å²) in [6.45, 7) is 3.80. The molecule has 1 aromatic heterocycles. The third-order valence-electron chi connectivity index (χ3n) is 3.05. The first-order valence-corrected chi connectivity index (χ1v) is 6.41. The molecule has 0 bridgehead atoms. The van der Waals surface area contributed by atoms with Gasteiger partial charge in [0, 0.05) is 12.4 Å². The summed E-state index contributed by atoms with van der Waals surface area (Å²) < 4.78 is 31.6. The van der Waals surface area contributed by atoms with E-state index in [1.54, 1.807) is 0 Å². The van der Waals surface area contributed by atoms with Crippen LogP contribution in [0.25, 0.3) is 0 Å². The molecule has 108 valence electrons. The van der Waals surface area contributed by atoms with E-state index in [1.807, 2.05) is 24.3 Å². The van der Waals surface area contributed by atoms with Gasteiger partial charge in [-0.15, -0.1) is 0 Å². The second-order valence-corrected chi connectivity index (χ2v) is 5.59. The molecule has 5 heteroatoms. The van der Waals surface area contributed by atoms with Crippen molar-refractivity contribution in [3.63, 3.8) is 0 Å². The Morgan fingerprint density at radius 2 is 1.85 bits per heavy atom. The Kier molecular flexibility index (Phi) is 4.06. The Morgan fingerprint density at radius 1 is 1.20 bits per heavy atom. The minimum absolute atomic E-state index is 0.0200. The molecule has 0 aliphatic rings. The zero-order valence-electron chi connectivity index (χ0n) is 11.8. The highest BCUT2D eigenvalue weighted by atomic mass is 19.3. The van der Waals surface area contributed by atoms with E-state index in [2.05, 4.69) is 25.8 Å². The summed E-state index contributed by atoms with van der Waals surface area (Å²) in [5.74, 6) is 0.849. The van der Waals surface area contributed by atoms with Crippen LogP contribution in [0.3, 0.4) is 0 Å². The van der Waals surface area contributed by atoms with E-state index in [4.69, 9.17) is 4.74 Å². The predicted octanol–water partition coefficient (Wildman–Crippen LogP) is 4.15. The number of hydrogen-bond acceptors (Lipinski definition) is 2. The molecule has 0 saturated carbocycles. The molecule has 2 rings (SSSR count). The summed E-state index contributed by atoms with van der Waals surface area (Å²) in [4.78, 5) is 3.87. The maximum atomic E-state index is 12.6. The fourth-order valence-electron chi connectivity index (χ4n) is 1.83. The highest BCUT2D eigenvalue weighted by molar-refractivity contribution is 5.31. The van der Waals surface area contributed by atoms with Crippen LogP contribution in [0.2, 0.25) is 0 Å². The average molecular weight is 280 g/mol. The minimum Gasteiger partial charge on any atom is -0.486 e. The molecule has 20 heavy (non-hydrogen) atoms. The first-order valence-electron chi connectivity index (χ1n) is 6.41. The summed E-state index contributed by atoms with van der Waals surface area (Å²) in [5, 5.41) is 0. The van der Waals surface area contributed by atoms with Gasteiger partial charge in [0.1, 0.15) is 12.4 Å². The Hall–Kier alpha value is -1.91. The highest BCUT2D eigenvalue weighted by Crippen LogP contribution is 2.24. The molecule has 0 saturated heterocycles. The highest BCUT2D eigenvalue weighted by Gasteiger charge is 2.14. The van der Waals surface area contributed by atoms with Crippen LogP contribution in [-0.4, -0.2) is 9.55 Å². The number of nitrogens with zero attached hydrogens (tertiary/aromatic N) is 2. The zero-order chi connectivity index (χ0) is 14.8. The van der Waals surface area contributed by atoms with Gasteiger partial charge in [0.15, 0.2) is 5.82 Å². The zero-order valence-corrected chi connectivity index (χ0v) is 11.8. The van der Waals surface area contributed by atoms with E-state index < -0.39 is 6.55 Å². The number of hydrogen-bond donors (Lipinski definition) is 0. The number of ether oxygens (including phenoxy) is 1. The topological polar surface area (TPSA) is 27.1 Å². The molecule has 0 radical (unpaired) electrons. The summed E-state index contributed by atoms with van der Waals surface area (Å²) in [6.07, 6.45) is 2.58. The lowest BCUT2D eigenvalue weighted by Gasteiger charge is -2.19. The van der Waals surface area contributed by atoms with Crippen molar-refractivity contribution in [1.82, 2.24) is 9.55 Å². The molecule has 1 heterocycles. The van der Waals surface area contributed by atoms with Gasteiger partial charge in [0.05, 0.1) is 0 Å². The third-order valence-corrected chi connectivity index (χ3v) is 3.05. The molecule has 1 aromatic carbocycles. The van der Waals surface area contributed by atoms with Crippen molar-refractivity contribution < 1.29 is 13.5 Å². The van der Waals surface area contributed by atoms with Crippen molar-refractivity contribution in [3.05, 3.63) is 48.0 Å². The molecule has 0 spiro atoms. The molecule has 0 unspecified atom stereocenters. The number of halogens is 2. The molecule has 0 aliphatic heterocycles. The maximum Gasteiger partial charge on any atom is 0.320 e. The normalized spacial score (nSPS) is 11.9. The van der Waals surface area contributed by atoms with Crippen molar-refractivity contribution in [3.8, 4) is 5.75 Å². The van der Waals surface area contributed by atoms with Crippen LogP contribution in [0.1, 0.15) is 38.7 Å². The van der Waals surface area contributed by atoms with Crippen LogP contribution >= 0.6 is 0 Å². The lowest BCUT2D eigenvalue weighted by molar-refractivity contribution is 0.0632. The summed E-state index contributed by atoms with van der Waals surface area (Å²) in [5.41, 5.74) is 1.27. The molecule has 3 nitrogen and oxygen atoms in total. The first-order chi connectivity index (χ1) is 9.38. The lowest BCUT2D eigenvalue weighted by atomic mass is 9.87. The van der Waals surface area contributed by atoms with Crippen LogP contribution in [0, 0.1) is 0 Å². The summed E-state index contributed by atoms with van der Waals surface area (Å²) >= 11 is 0. The van der Waals surface area contributed by atoms with Gasteiger partial charge in [-0.2, -0.15) is 8.78 Å². The average Bonchev–Trinajstić information content (AvgIpc) is 2.84. The van der Waals surface area contributed by atoms with E-state index in [1.165, 1.54) is 18.0 Å². The largest absolute Gasteiger partial charge is 0.486 e. The maximum absolute atomic E-state index is 12.6. The fraction of sp³-hybridized carbons (Fsp3) is 0.400. The van der Waals surface area contributed by atoms with Crippen molar-refractivity contribution in [2.24, 2.45) is 0 Å². The molecular formula is C15H18F2N2O. The lowest BCUT2D eigenvalue weighted by Crippen LogP contribution is -2.11. The van der Waals surface area contributed by atoms with Gasteiger partial charge in [0.25, 0.3) is 0 Å². The van der Waals surface area contributed by atoms with E-state index >= 15 is 0 Å². The Balaban J connectivity index is 2.02. The van der Waals surface area contributed by atoms with Crippen LogP contribution in [0.5, 0.6) is 5.75 Å². The first kappa shape index (κ1) is 14.5. The van der Waals surface area contributed by atoms with Gasteiger partial charge in [-0.25, -0.2) is 4.98 Å². The third kappa shape index (κ3) is 3.35. The van der Waals surface area contributed by atoms with E-state index in [9.17, 15) is 8.78 Å². The summed E-state index contributed by atoms with van der Waals surface area (Å²) in [6, 6.07) is 7.65. The van der Waals surface area contributed by atoms with Crippen molar-refractivity contribution in [2.75, 3.05) is 0 Å². The smallest absolute Gasteiger partial charge is 0.320 e. The molecule has 0 atom stereocenters. The van der Waals surface area contributed by atoms with E-state index in [0.29, 0.717) is 5.75 Å². The fourth-order valence-corrected chi connectivity index (χ4v) is 1.83. The Morgan fingerprint density at radius 3 is 2.40 bits per heavy atom. The number of benzene rings is 1. The predicted molar refractivity (Wildman–Crippen MR) is 73.0 cm³/mol. The van der Waals surface area contributed by atoms with Gasteiger partial charge in [-0.3, -0.25) is 4.57 Å². The van der Waals surface area contributed by atoms with Crippen LogP contribution in [0.15, 0.2) is 36.7 Å². The van der Waals surface area contributed by atoms with Crippen molar-refractivity contribution in [2.45, 2.75) is 39.3 Å². The van der Waals surface area contributed by atoms with Crippen LogP contribution in [0.4, 0.5) is 8.78 Å². The molecule has 0 amide bonds. The molecule has 2 aromatic rings. The van der Waals surface area contributed by atoms with Crippen molar-refractivity contribution >= 4 is 0 Å². The van der Waals surface area contributed by atoms with Gasteiger partial charge in [-0.1, -0.05) is 32.9 Å². The number of aromatic nitrogens is 2. The number of imidazole rings is 1. The van der Waals surface area contributed by atoms with Gasteiger partial charge < -0.3 is 4.74 Å². The SMILES string of the molecule is CC(C)(C)c1ccc(OCc2nccn2C(F)F)cc1. The van der Waals surface area contributed by atoms with E-state index in [0.717, 1.165) is 4.57 Å². The van der Waals surface area contributed by atoms with Gasteiger partial charge in [-0.05, 0) is 23.1 Å².